The predicted molar refractivity (Wildman–Crippen MR) is 84.5 cm³/mol. The summed E-state index contributed by atoms with van der Waals surface area (Å²) in [5.74, 6) is 0.582. The number of hydrazone groups is 1. The van der Waals surface area contributed by atoms with E-state index in [1.54, 1.807) is 18.2 Å². The van der Waals surface area contributed by atoms with Crippen LogP contribution >= 0.6 is 0 Å². The van der Waals surface area contributed by atoms with Gasteiger partial charge in [0.1, 0.15) is 17.2 Å². The van der Waals surface area contributed by atoms with Gasteiger partial charge in [-0.25, -0.2) is 15.3 Å². The van der Waals surface area contributed by atoms with Crippen molar-refractivity contribution in [2.24, 2.45) is 5.10 Å². The van der Waals surface area contributed by atoms with E-state index in [2.05, 4.69) is 15.6 Å². The minimum absolute atomic E-state index is 0.124. The second-order valence-electron chi connectivity index (χ2n) is 4.53. The van der Waals surface area contributed by atoms with Crippen LogP contribution < -0.4 is 26.1 Å². The molecule has 0 aliphatic heterocycles. The number of ether oxygens (including phenoxy) is 2. The van der Waals surface area contributed by atoms with Gasteiger partial charge in [0, 0.05) is 5.56 Å². The molecule has 0 aliphatic carbocycles. The second-order valence-corrected chi connectivity index (χ2v) is 4.53. The van der Waals surface area contributed by atoms with Crippen LogP contribution in [-0.2, 0) is 11.2 Å². The number of carbonyl (C=O) groups excluding carboxylic acids is 1. The lowest BCUT2D eigenvalue weighted by Crippen LogP contribution is -2.31. The van der Waals surface area contributed by atoms with Crippen LogP contribution in [-0.4, -0.2) is 41.5 Å². The fourth-order valence-corrected chi connectivity index (χ4v) is 1.80. The molecule has 1 aromatic heterocycles. The Bertz CT molecular complexity index is 870. The van der Waals surface area contributed by atoms with E-state index in [1.807, 2.05) is 10.1 Å². The first kappa shape index (κ1) is 16.9. The Kier molecular flexibility index (Phi) is 5.45. The number of hydrogen-bond donors (Lipinski definition) is 3. The molecule has 2 aromatic rings. The van der Waals surface area contributed by atoms with Crippen molar-refractivity contribution >= 4 is 12.1 Å². The van der Waals surface area contributed by atoms with Crippen molar-refractivity contribution < 1.29 is 14.3 Å². The molecule has 0 radical (unpaired) electrons. The molecule has 10 heteroatoms. The SMILES string of the molecule is COc1ccc(OC)c(C=NNC(=O)Cc2n[nH]c(=O)[nH]c2=O)c1. The van der Waals surface area contributed by atoms with Gasteiger partial charge in [0.15, 0.2) is 0 Å². The van der Waals surface area contributed by atoms with Crippen LogP contribution in [0.3, 0.4) is 0 Å². The maximum atomic E-state index is 11.8. The molecular weight excluding hydrogens is 318 g/mol. The van der Waals surface area contributed by atoms with Crippen LogP contribution in [0.1, 0.15) is 11.3 Å². The highest BCUT2D eigenvalue weighted by molar-refractivity contribution is 5.86. The van der Waals surface area contributed by atoms with E-state index in [-0.39, 0.29) is 12.1 Å². The Morgan fingerprint density at radius 2 is 2.12 bits per heavy atom. The highest BCUT2D eigenvalue weighted by Crippen LogP contribution is 2.22. The van der Waals surface area contributed by atoms with Gasteiger partial charge in [0.25, 0.3) is 5.56 Å². The fourth-order valence-electron chi connectivity index (χ4n) is 1.80. The lowest BCUT2D eigenvalue weighted by Gasteiger charge is -2.06. The van der Waals surface area contributed by atoms with Gasteiger partial charge in [-0.1, -0.05) is 0 Å². The minimum atomic E-state index is -0.743. The number of hydrogen-bond acceptors (Lipinski definition) is 7. The molecule has 0 aliphatic rings. The third-order valence-electron chi connectivity index (χ3n) is 2.94. The Hall–Kier alpha value is -3.43. The molecule has 0 saturated carbocycles. The van der Waals surface area contributed by atoms with Crippen molar-refractivity contribution in [3.63, 3.8) is 0 Å². The van der Waals surface area contributed by atoms with Crippen LogP contribution in [0.25, 0.3) is 0 Å². The molecule has 1 heterocycles. The summed E-state index contributed by atoms with van der Waals surface area (Å²) in [6.07, 6.45) is 1.04. The van der Waals surface area contributed by atoms with Crippen LogP contribution in [0.5, 0.6) is 11.5 Å². The summed E-state index contributed by atoms with van der Waals surface area (Å²) in [4.78, 5) is 36.0. The molecule has 0 fully saturated rings. The van der Waals surface area contributed by atoms with E-state index in [0.29, 0.717) is 17.1 Å². The summed E-state index contributed by atoms with van der Waals surface area (Å²) >= 11 is 0. The summed E-state index contributed by atoms with van der Waals surface area (Å²) in [5, 5.41) is 9.35. The number of nitrogens with one attached hydrogen (secondary N) is 3. The average molecular weight is 333 g/mol. The first-order chi connectivity index (χ1) is 11.5. The molecule has 1 amide bonds. The van der Waals surface area contributed by atoms with Gasteiger partial charge in [-0.15, -0.1) is 0 Å². The minimum Gasteiger partial charge on any atom is -0.497 e. The zero-order valence-corrected chi connectivity index (χ0v) is 13.0. The zero-order valence-electron chi connectivity index (χ0n) is 13.0. The zero-order chi connectivity index (χ0) is 17.5. The van der Waals surface area contributed by atoms with Gasteiger partial charge in [0.05, 0.1) is 26.9 Å². The standard InChI is InChI=1S/C14H15N5O5/c1-23-9-3-4-11(24-2)8(5-9)7-15-18-12(20)6-10-13(21)16-14(22)19-17-10/h3-5,7H,6H2,1-2H3,(H,18,20)(H2,16,19,21,22). The van der Waals surface area contributed by atoms with E-state index < -0.39 is 17.2 Å². The molecule has 126 valence electrons. The molecule has 0 bridgehead atoms. The molecule has 2 rings (SSSR count). The number of H-pyrrole nitrogens is 2. The normalized spacial score (nSPS) is 10.6. The molecule has 3 N–H and O–H groups in total. The van der Waals surface area contributed by atoms with Crippen LogP contribution in [0.15, 0.2) is 32.9 Å². The lowest BCUT2D eigenvalue weighted by molar-refractivity contribution is -0.120. The maximum absolute atomic E-state index is 11.8. The molecule has 0 atom stereocenters. The number of rotatable bonds is 6. The number of methoxy groups -OCH3 is 2. The number of nitrogens with zero attached hydrogens (tertiary/aromatic N) is 2. The summed E-state index contributed by atoms with van der Waals surface area (Å²) in [6.45, 7) is 0. The van der Waals surface area contributed by atoms with Crippen molar-refractivity contribution in [2.45, 2.75) is 6.42 Å². The first-order valence-corrected chi connectivity index (χ1v) is 6.75. The van der Waals surface area contributed by atoms with Gasteiger partial charge in [-0.3, -0.25) is 14.6 Å². The van der Waals surface area contributed by atoms with E-state index >= 15 is 0 Å². The van der Waals surface area contributed by atoms with Gasteiger partial charge < -0.3 is 9.47 Å². The number of carbonyl (C=O) groups is 1. The molecule has 0 spiro atoms. The molecular formula is C14H15N5O5. The van der Waals surface area contributed by atoms with Crippen molar-refractivity contribution in [2.75, 3.05) is 14.2 Å². The maximum Gasteiger partial charge on any atom is 0.342 e. The first-order valence-electron chi connectivity index (χ1n) is 6.75. The summed E-state index contributed by atoms with van der Waals surface area (Å²) in [5.41, 5.74) is 1.26. The number of aromatic amines is 2. The van der Waals surface area contributed by atoms with E-state index in [9.17, 15) is 14.4 Å². The Morgan fingerprint density at radius 3 is 2.79 bits per heavy atom. The highest BCUT2D eigenvalue weighted by atomic mass is 16.5. The molecule has 24 heavy (non-hydrogen) atoms. The van der Waals surface area contributed by atoms with E-state index in [0.717, 1.165) is 0 Å². The van der Waals surface area contributed by atoms with Crippen molar-refractivity contribution in [3.8, 4) is 11.5 Å². The number of amides is 1. The second kappa shape index (κ2) is 7.72. The van der Waals surface area contributed by atoms with Gasteiger partial charge in [-0.2, -0.15) is 10.2 Å². The quantitative estimate of drug-likeness (QED) is 0.466. The highest BCUT2D eigenvalue weighted by Gasteiger charge is 2.09. The summed E-state index contributed by atoms with van der Waals surface area (Å²) in [7, 11) is 3.03. The Morgan fingerprint density at radius 1 is 1.33 bits per heavy atom. The monoisotopic (exact) mass is 333 g/mol. The molecule has 0 unspecified atom stereocenters. The largest absolute Gasteiger partial charge is 0.497 e. The molecule has 10 nitrogen and oxygen atoms in total. The van der Waals surface area contributed by atoms with Crippen molar-refractivity contribution in [3.05, 3.63) is 50.3 Å². The Balaban J connectivity index is 2.04. The van der Waals surface area contributed by atoms with Crippen LogP contribution in [0.2, 0.25) is 0 Å². The average Bonchev–Trinajstić information content (AvgIpc) is 2.57. The fraction of sp³-hybridized carbons (Fsp3) is 0.214. The van der Waals surface area contributed by atoms with Crippen molar-refractivity contribution in [1.29, 1.82) is 0 Å². The van der Waals surface area contributed by atoms with Gasteiger partial charge in [0.2, 0.25) is 5.91 Å². The summed E-state index contributed by atoms with van der Waals surface area (Å²) in [6, 6.07) is 5.11. The Labute approximate surface area is 135 Å². The van der Waals surface area contributed by atoms with Crippen LogP contribution in [0, 0.1) is 0 Å². The van der Waals surface area contributed by atoms with Crippen LogP contribution in [0.4, 0.5) is 0 Å². The van der Waals surface area contributed by atoms with Crippen molar-refractivity contribution in [1.82, 2.24) is 20.6 Å². The number of aromatic nitrogens is 3. The number of benzene rings is 1. The van der Waals surface area contributed by atoms with E-state index in [1.165, 1.54) is 20.4 Å². The molecule has 0 saturated heterocycles. The van der Waals surface area contributed by atoms with Gasteiger partial charge in [-0.05, 0) is 18.2 Å². The predicted octanol–water partition coefficient (Wildman–Crippen LogP) is -0.832. The van der Waals surface area contributed by atoms with Gasteiger partial charge >= 0.3 is 5.69 Å². The third kappa shape index (κ3) is 4.29. The van der Waals surface area contributed by atoms with E-state index in [4.69, 9.17) is 9.47 Å². The molecule has 1 aromatic carbocycles. The smallest absolute Gasteiger partial charge is 0.342 e. The third-order valence-corrected chi connectivity index (χ3v) is 2.94. The topological polar surface area (TPSA) is 139 Å². The summed E-state index contributed by atoms with van der Waals surface area (Å²) < 4.78 is 10.3. The lowest BCUT2D eigenvalue weighted by atomic mass is 10.2.